The molecule has 12 aromatic carbocycles. The van der Waals surface area contributed by atoms with Crippen LogP contribution in [0, 0.1) is 0 Å². The highest BCUT2D eigenvalue weighted by molar-refractivity contribution is 6.27. The number of rotatable bonds is 3. The van der Waals surface area contributed by atoms with Crippen LogP contribution in [-0.4, -0.2) is 0 Å². The van der Waals surface area contributed by atoms with E-state index in [1.807, 2.05) is 42.5 Å². The Labute approximate surface area is 339 Å². The van der Waals surface area contributed by atoms with Gasteiger partial charge in [-0.25, -0.2) is 0 Å². The van der Waals surface area contributed by atoms with Gasteiger partial charge in [0.1, 0.15) is 11.2 Å². The maximum Gasteiger partial charge on any atom is 0.136 e. The molecule has 0 saturated carbocycles. The zero-order chi connectivity index (χ0) is 50.6. The monoisotopic (exact) mass is 711 g/mol. The molecule has 1 heterocycles. The van der Waals surface area contributed by atoms with E-state index in [9.17, 15) is 12.3 Å². The Hall–Kier alpha value is -7.22. The first-order valence-corrected chi connectivity index (χ1v) is 17.7. The molecule has 0 radical (unpaired) electrons. The minimum absolute atomic E-state index is 0.0182. The molecule has 0 unspecified atom stereocenters. The topological polar surface area (TPSA) is 13.1 Å². The van der Waals surface area contributed by atoms with E-state index in [2.05, 4.69) is 0 Å². The fourth-order valence-electron chi connectivity index (χ4n) is 8.47. The van der Waals surface area contributed by atoms with Crippen LogP contribution in [0.5, 0.6) is 0 Å². The van der Waals surface area contributed by atoms with Crippen LogP contribution in [-0.2, 0) is 0 Å². The molecule has 13 rings (SSSR count). The number of benzene rings is 12. The first-order valence-electron chi connectivity index (χ1n) is 26.2. The zero-order valence-electron chi connectivity index (χ0n) is 45.4. The summed E-state index contributed by atoms with van der Waals surface area (Å²) in [7, 11) is 0. The van der Waals surface area contributed by atoms with Gasteiger partial charge in [0.05, 0.1) is 23.3 Å². The maximum absolute atomic E-state index is 9.85. The second kappa shape index (κ2) is 10.7. The SMILES string of the molecule is [2H]c1c([2H])c2c([2H])c([2H])c3c([2H])c([2H])c(-c4cc(-c5c([2H])c([2H])c6c([2H])c([2H])c7c([2H])cc([2H])c8c([2H])c([2H])c5c6c78)ccc4-c4ccc5oc6ccc7ccccc7c6c5c4)c4c([2H])c([2H])c(c1[2H])c2c34. The minimum Gasteiger partial charge on any atom is -0.456 e. The lowest BCUT2D eigenvalue weighted by molar-refractivity contribution is 0.669. The van der Waals surface area contributed by atoms with Crippen molar-refractivity contribution in [2.45, 2.75) is 0 Å². The number of fused-ring (bicyclic) bond motifs is 5. The third-order valence-electron chi connectivity index (χ3n) is 10.9. The standard InChI is InChI=1S/C54H30O/c1-2-10-42-31(5-1)20-28-49-54(42)47-30-39(21-27-48(47)55-49)41-23-19-38(40-22-15-36-13-11-32-6-3-8-34-17-25-44(40)52(36)50(32)34)29-46(41)43-24-16-37-14-12-33-7-4-9-35-18-26-45(43)53(37)51(33)35/h1-30H/i4D,6D,7D,8D,9D,11D,12D,13D,14D,15D,16D,17D,18D,22D,24D,25D,26D. The summed E-state index contributed by atoms with van der Waals surface area (Å²) < 4.78 is 163. The fourth-order valence-corrected chi connectivity index (χ4v) is 8.47. The summed E-state index contributed by atoms with van der Waals surface area (Å²) in [5.74, 6) is 0. The zero-order valence-corrected chi connectivity index (χ0v) is 28.4. The minimum atomic E-state index is -0.605. The summed E-state index contributed by atoms with van der Waals surface area (Å²) in [4.78, 5) is 0. The highest BCUT2D eigenvalue weighted by Crippen LogP contribution is 2.46. The van der Waals surface area contributed by atoms with Crippen molar-refractivity contribution in [3.8, 4) is 33.4 Å². The van der Waals surface area contributed by atoms with E-state index < -0.39 is 90.6 Å². The van der Waals surface area contributed by atoms with Gasteiger partial charge in [-0.1, -0.05) is 157 Å². The molecule has 0 bridgehead atoms. The maximum atomic E-state index is 9.85. The lowest BCUT2D eigenvalue weighted by Crippen LogP contribution is -1.92. The van der Waals surface area contributed by atoms with Crippen LogP contribution in [0.15, 0.2) is 186 Å². The first-order chi connectivity index (χ1) is 34.3. The molecule has 1 heteroatoms. The molecule has 0 aliphatic rings. The van der Waals surface area contributed by atoms with Crippen LogP contribution in [0.3, 0.4) is 0 Å². The lowest BCUT2D eigenvalue weighted by atomic mass is 9.84. The van der Waals surface area contributed by atoms with Crippen molar-refractivity contribution in [1.29, 1.82) is 0 Å². The van der Waals surface area contributed by atoms with Crippen molar-refractivity contribution >= 4 is 97.3 Å². The van der Waals surface area contributed by atoms with Crippen LogP contribution in [0.4, 0.5) is 0 Å². The number of hydrogen-bond donors (Lipinski definition) is 0. The molecule has 55 heavy (non-hydrogen) atoms. The van der Waals surface area contributed by atoms with Gasteiger partial charge in [-0.15, -0.1) is 0 Å². The summed E-state index contributed by atoms with van der Waals surface area (Å²) in [6, 6.07) is 15.1. The highest BCUT2D eigenvalue weighted by atomic mass is 16.3. The molecule has 0 atom stereocenters. The molecule has 13 aromatic rings. The summed E-state index contributed by atoms with van der Waals surface area (Å²) >= 11 is 0. The quantitative estimate of drug-likeness (QED) is 0.166. The number of furan rings is 1. The second-order valence-corrected chi connectivity index (χ2v) is 13.8. The van der Waals surface area contributed by atoms with Crippen molar-refractivity contribution in [3.63, 3.8) is 0 Å². The third kappa shape index (κ3) is 4.02. The van der Waals surface area contributed by atoms with Gasteiger partial charge in [0.2, 0.25) is 0 Å². The predicted molar refractivity (Wildman–Crippen MR) is 235 cm³/mol. The van der Waals surface area contributed by atoms with Crippen molar-refractivity contribution < 1.29 is 27.7 Å². The second-order valence-electron chi connectivity index (χ2n) is 13.8. The van der Waals surface area contributed by atoms with Gasteiger partial charge in [0.25, 0.3) is 0 Å². The van der Waals surface area contributed by atoms with Crippen molar-refractivity contribution in [3.05, 3.63) is 182 Å². The van der Waals surface area contributed by atoms with Crippen LogP contribution in [0.2, 0.25) is 0 Å². The molecule has 1 aromatic heterocycles. The van der Waals surface area contributed by atoms with Gasteiger partial charge in [-0.3, -0.25) is 0 Å². The molecule has 0 amide bonds. The normalized spacial score (nSPS) is 16.7. The van der Waals surface area contributed by atoms with Crippen LogP contribution >= 0.6 is 0 Å². The molecular formula is C54H30O. The Morgan fingerprint density at radius 1 is 0.309 bits per heavy atom. The van der Waals surface area contributed by atoms with E-state index in [0.29, 0.717) is 22.3 Å². The van der Waals surface area contributed by atoms with Gasteiger partial charge in [-0.2, -0.15) is 0 Å². The Balaban J connectivity index is 1.23. The molecule has 0 N–H and O–H groups in total. The van der Waals surface area contributed by atoms with Crippen molar-refractivity contribution in [1.82, 2.24) is 0 Å². The summed E-state index contributed by atoms with van der Waals surface area (Å²) in [6.07, 6.45) is 0. The molecule has 0 spiro atoms. The van der Waals surface area contributed by atoms with Gasteiger partial charge in [0.15, 0.2) is 0 Å². The van der Waals surface area contributed by atoms with Gasteiger partial charge >= 0.3 is 0 Å². The Morgan fingerprint density at radius 3 is 1.65 bits per heavy atom. The van der Waals surface area contributed by atoms with Gasteiger partial charge in [0, 0.05) is 10.8 Å². The summed E-state index contributed by atoms with van der Waals surface area (Å²) in [6.45, 7) is 0. The molecule has 0 aliphatic carbocycles. The Kier molecular flexibility index (Phi) is 3.45. The Bertz CT molecular complexity index is 4670. The average molecular weight is 712 g/mol. The largest absolute Gasteiger partial charge is 0.456 e. The molecule has 1 nitrogen and oxygen atoms in total. The van der Waals surface area contributed by atoms with E-state index >= 15 is 0 Å². The highest BCUT2D eigenvalue weighted by Gasteiger charge is 2.19. The molecule has 0 aliphatic heterocycles. The van der Waals surface area contributed by atoms with Crippen LogP contribution in [0.1, 0.15) is 23.3 Å². The molecule has 252 valence electrons. The van der Waals surface area contributed by atoms with E-state index in [-0.39, 0.29) is 99.0 Å². The third-order valence-corrected chi connectivity index (χ3v) is 10.9. The summed E-state index contributed by atoms with van der Waals surface area (Å²) in [5.41, 5.74) is 2.30. The lowest BCUT2D eigenvalue weighted by Gasteiger charge is -2.19. The number of hydrogen-bond acceptors (Lipinski definition) is 1. The first kappa shape index (κ1) is 17.7. The van der Waals surface area contributed by atoms with E-state index in [4.69, 9.17) is 15.4 Å². The molecule has 0 saturated heterocycles. The van der Waals surface area contributed by atoms with Gasteiger partial charge in [-0.05, 0) is 133 Å². The smallest absolute Gasteiger partial charge is 0.136 e. The summed E-state index contributed by atoms with van der Waals surface area (Å²) in [5, 5.41) is 2.43. The Morgan fingerprint density at radius 2 is 0.891 bits per heavy atom. The predicted octanol–water partition coefficient (Wildman–Crippen LogP) is 15.5. The van der Waals surface area contributed by atoms with Crippen molar-refractivity contribution in [2.75, 3.05) is 0 Å². The van der Waals surface area contributed by atoms with Crippen LogP contribution < -0.4 is 0 Å². The molecule has 0 fully saturated rings. The van der Waals surface area contributed by atoms with E-state index in [0.717, 1.165) is 27.6 Å². The molecular weight excluding hydrogens is 665 g/mol. The van der Waals surface area contributed by atoms with Crippen LogP contribution in [0.25, 0.3) is 131 Å². The fraction of sp³-hybridized carbons (Fsp3) is 0. The van der Waals surface area contributed by atoms with E-state index in [1.54, 1.807) is 30.3 Å². The van der Waals surface area contributed by atoms with E-state index in [1.165, 1.54) is 0 Å². The van der Waals surface area contributed by atoms with Gasteiger partial charge < -0.3 is 4.42 Å². The van der Waals surface area contributed by atoms with Crippen molar-refractivity contribution in [2.24, 2.45) is 0 Å². The average Bonchev–Trinajstić information content (AvgIpc) is 3.74.